The molecule has 16 heavy (non-hydrogen) atoms. The molecule has 0 spiro atoms. The van der Waals surface area contributed by atoms with Crippen molar-refractivity contribution in [2.45, 2.75) is 6.92 Å². The third kappa shape index (κ3) is 2.16. The van der Waals surface area contributed by atoms with E-state index in [9.17, 15) is 5.11 Å². The summed E-state index contributed by atoms with van der Waals surface area (Å²) < 4.78 is 0. The Bertz CT molecular complexity index is 535. The molecule has 82 valence electrons. The van der Waals surface area contributed by atoms with Crippen LogP contribution in [0.5, 0.6) is 5.75 Å². The van der Waals surface area contributed by atoms with Gasteiger partial charge in [0, 0.05) is 11.6 Å². The molecule has 2 rings (SSSR count). The number of phenolic OH excluding ortho intramolecular Hbond substituents is 1. The lowest BCUT2D eigenvalue weighted by Crippen LogP contribution is -1.82. The van der Waals surface area contributed by atoms with E-state index in [0.717, 1.165) is 16.7 Å². The highest BCUT2D eigenvalue weighted by atomic mass is 35.5. The topological polar surface area (TPSA) is 20.2 Å². The van der Waals surface area contributed by atoms with Crippen LogP contribution in [0.4, 0.5) is 0 Å². The summed E-state index contributed by atoms with van der Waals surface area (Å²) >= 11 is 11.9. The molecule has 0 saturated carbocycles. The highest BCUT2D eigenvalue weighted by molar-refractivity contribution is 6.36. The minimum absolute atomic E-state index is 0.00284. The summed E-state index contributed by atoms with van der Waals surface area (Å²) in [6.45, 7) is 2.01. The van der Waals surface area contributed by atoms with Crippen molar-refractivity contribution in [3.63, 3.8) is 0 Å². The molecular weight excluding hydrogens is 243 g/mol. The fraction of sp³-hybridized carbons (Fsp3) is 0.0769. The molecule has 0 bridgehead atoms. The van der Waals surface area contributed by atoms with Crippen molar-refractivity contribution in [3.8, 4) is 16.9 Å². The highest BCUT2D eigenvalue weighted by Crippen LogP contribution is 2.36. The Morgan fingerprint density at radius 1 is 1.00 bits per heavy atom. The van der Waals surface area contributed by atoms with E-state index in [1.54, 1.807) is 6.07 Å². The van der Waals surface area contributed by atoms with E-state index in [0.29, 0.717) is 10.0 Å². The van der Waals surface area contributed by atoms with Crippen LogP contribution in [0.2, 0.25) is 10.0 Å². The minimum atomic E-state index is 0.00284. The number of benzene rings is 2. The molecule has 3 heteroatoms. The first-order valence-corrected chi connectivity index (χ1v) is 5.58. The molecule has 0 aliphatic heterocycles. The van der Waals surface area contributed by atoms with E-state index >= 15 is 0 Å². The van der Waals surface area contributed by atoms with Crippen LogP contribution in [-0.2, 0) is 0 Å². The molecule has 0 aliphatic rings. The number of aryl methyl sites for hydroxylation is 1. The van der Waals surface area contributed by atoms with Crippen LogP contribution in [0.25, 0.3) is 11.1 Å². The highest BCUT2D eigenvalue weighted by Gasteiger charge is 2.08. The first kappa shape index (κ1) is 11.3. The summed E-state index contributed by atoms with van der Waals surface area (Å²) in [5.74, 6) is 0.00284. The summed E-state index contributed by atoms with van der Waals surface area (Å²) in [6.07, 6.45) is 0. The molecule has 1 nitrogen and oxygen atoms in total. The minimum Gasteiger partial charge on any atom is -0.506 e. The van der Waals surface area contributed by atoms with Crippen LogP contribution in [0.15, 0.2) is 36.4 Å². The van der Waals surface area contributed by atoms with Gasteiger partial charge in [-0.25, -0.2) is 0 Å². The maximum Gasteiger partial charge on any atom is 0.135 e. The Labute approximate surface area is 104 Å². The monoisotopic (exact) mass is 252 g/mol. The Morgan fingerprint density at radius 2 is 1.75 bits per heavy atom. The van der Waals surface area contributed by atoms with Gasteiger partial charge in [-0.15, -0.1) is 0 Å². The van der Waals surface area contributed by atoms with Crippen LogP contribution >= 0.6 is 23.2 Å². The summed E-state index contributed by atoms with van der Waals surface area (Å²) in [5, 5.41) is 10.2. The van der Waals surface area contributed by atoms with Crippen molar-refractivity contribution < 1.29 is 5.11 Å². The van der Waals surface area contributed by atoms with Gasteiger partial charge in [0.25, 0.3) is 0 Å². The molecule has 0 radical (unpaired) electrons. The molecular formula is C13H10Cl2O. The standard InChI is InChI=1S/C13H10Cl2O/c1-8-3-2-4-9(5-8)10-6-12(15)13(16)7-11(10)14/h2-7,16H,1H3. The van der Waals surface area contributed by atoms with E-state index < -0.39 is 0 Å². The van der Waals surface area contributed by atoms with Gasteiger partial charge >= 0.3 is 0 Å². The second-order valence-electron chi connectivity index (χ2n) is 3.65. The second kappa shape index (κ2) is 4.36. The smallest absolute Gasteiger partial charge is 0.135 e. The quantitative estimate of drug-likeness (QED) is 0.782. The van der Waals surface area contributed by atoms with Crippen molar-refractivity contribution in [2.75, 3.05) is 0 Å². The average molecular weight is 253 g/mol. The molecule has 0 unspecified atom stereocenters. The van der Waals surface area contributed by atoms with Gasteiger partial charge in [0.15, 0.2) is 0 Å². The van der Waals surface area contributed by atoms with E-state index in [-0.39, 0.29) is 5.75 Å². The van der Waals surface area contributed by atoms with Crippen molar-refractivity contribution in [2.24, 2.45) is 0 Å². The first-order chi connectivity index (χ1) is 7.58. The average Bonchev–Trinajstić information content (AvgIpc) is 2.23. The van der Waals surface area contributed by atoms with Gasteiger partial charge in [-0.1, -0.05) is 53.0 Å². The summed E-state index contributed by atoms with van der Waals surface area (Å²) in [5.41, 5.74) is 2.97. The first-order valence-electron chi connectivity index (χ1n) is 4.83. The fourth-order valence-electron chi connectivity index (χ4n) is 1.57. The SMILES string of the molecule is Cc1cccc(-c2cc(Cl)c(O)cc2Cl)c1. The van der Waals surface area contributed by atoms with Crippen LogP contribution < -0.4 is 0 Å². The number of halogens is 2. The number of aromatic hydroxyl groups is 1. The van der Waals surface area contributed by atoms with Gasteiger partial charge in [-0.2, -0.15) is 0 Å². The Balaban J connectivity index is 2.60. The summed E-state index contributed by atoms with van der Waals surface area (Å²) in [6, 6.07) is 11.1. The summed E-state index contributed by atoms with van der Waals surface area (Å²) in [7, 11) is 0. The van der Waals surface area contributed by atoms with Crippen molar-refractivity contribution >= 4 is 23.2 Å². The van der Waals surface area contributed by atoms with Gasteiger partial charge in [0.1, 0.15) is 5.75 Å². The zero-order valence-corrected chi connectivity index (χ0v) is 10.2. The van der Waals surface area contributed by atoms with Crippen LogP contribution in [0.1, 0.15) is 5.56 Å². The fourth-order valence-corrected chi connectivity index (χ4v) is 2.00. The lowest BCUT2D eigenvalue weighted by Gasteiger charge is -2.07. The van der Waals surface area contributed by atoms with Crippen molar-refractivity contribution in [1.82, 2.24) is 0 Å². The van der Waals surface area contributed by atoms with E-state index in [1.807, 2.05) is 31.2 Å². The predicted octanol–water partition coefficient (Wildman–Crippen LogP) is 4.67. The van der Waals surface area contributed by atoms with Gasteiger partial charge in [-0.3, -0.25) is 0 Å². The number of hydrogen-bond acceptors (Lipinski definition) is 1. The summed E-state index contributed by atoms with van der Waals surface area (Å²) in [4.78, 5) is 0. The van der Waals surface area contributed by atoms with Gasteiger partial charge < -0.3 is 5.11 Å². The normalized spacial score (nSPS) is 10.4. The molecule has 0 aromatic heterocycles. The van der Waals surface area contributed by atoms with Gasteiger partial charge in [-0.05, 0) is 18.6 Å². The van der Waals surface area contributed by atoms with Crippen LogP contribution in [0, 0.1) is 6.92 Å². The Hall–Kier alpha value is -1.18. The zero-order chi connectivity index (χ0) is 11.7. The molecule has 0 saturated heterocycles. The van der Waals surface area contributed by atoms with E-state index in [1.165, 1.54) is 6.07 Å². The largest absolute Gasteiger partial charge is 0.506 e. The van der Waals surface area contributed by atoms with E-state index in [2.05, 4.69) is 0 Å². The number of phenols is 1. The zero-order valence-electron chi connectivity index (χ0n) is 8.67. The molecule has 0 fully saturated rings. The Kier molecular flexibility index (Phi) is 3.08. The van der Waals surface area contributed by atoms with Crippen molar-refractivity contribution in [3.05, 3.63) is 52.0 Å². The molecule has 0 amide bonds. The van der Waals surface area contributed by atoms with Crippen LogP contribution in [0.3, 0.4) is 0 Å². The molecule has 0 atom stereocenters. The third-order valence-corrected chi connectivity index (χ3v) is 2.98. The van der Waals surface area contributed by atoms with Gasteiger partial charge in [0.05, 0.1) is 10.0 Å². The molecule has 1 N–H and O–H groups in total. The van der Waals surface area contributed by atoms with Crippen LogP contribution in [-0.4, -0.2) is 5.11 Å². The Morgan fingerprint density at radius 3 is 2.44 bits per heavy atom. The van der Waals surface area contributed by atoms with E-state index in [4.69, 9.17) is 23.2 Å². The third-order valence-electron chi connectivity index (χ3n) is 2.37. The maximum atomic E-state index is 9.41. The molecule has 2 aromatic carbocycles. The van der Waals surface area contributed by atoms with Gasteiger partial charge in [0.2, 0.25) is 0 Å². The number of hydrogen-bond donors (Lipinski definition) is 1. The maximum absolute atomic E-state index is 9.41. The lowest BCUT2D eigenvalue weighted by molar-refractivity contribution is 0.475. The number of rotatable bonds is 1. The second-order valence-corrected chi connectivity index (χ2v) is 4.47. The molecule has 2 aromatic rings. The lowest BCUT2D eigenvalue weighted by atomic mass is 10.0. The molecule has 0 heterocycles. The molecule has 0 aliphatic carbocycles. The van der Waals surface area contributed by atoms with Crippen molar-refractivity contribution in [1.29, 1.82) is 0 Å². The predicted molar refractivity (Wildman–Crippen MR) is 68.3 cm³/mol.